The minimum absolute atomic E-state index is 0.0402. The monoisotopic (exact) mass is 540 g/mol. The molecule has 38 heavy (non-hydrogen) atoms. The Morgan fingerprint density at radius 2 is 1.74 bits per heavy atom. The minimum atomic E-state index is -0.577. The lowest BCUT2D eigenvalue weighted by molar-refractivity contribution is -0.160. The largest absolute Gasteiger partial charge is 0.389 e. The predicted molar refractivity (Wildman–Crippen MR) is 154 cm³/mol. The van der Waals surface area contributed by atoms with E-state index in [4.69, 9.17) is 11.6 Å². The van der Waals surface area contributed by atoms with Gasteiger partial charge in [0.05, 0.1) is 5.60 Å². The van der Waals surface area contributed by atoms with Gasteiger partial charge >= 0.3 is 0 Å². The highest BCUT2D eigenvalue weighted by Gasteiger charge is 2.61. The van der Waals surface area contributed by atoms with Gasteiger partial charge in [-0.3, -0.25) is 14.6 Å². The van der Waals surface area contributed by atoms with Crippen LogP contribution in [-0.4, -0.2) is 58.0 Å². The fourth-order valence-electron chi connectivity index (χ4n) is 10.2. The molecule has 0 bridgehead atoms. The molecule has 0 unspecified atom stereocenters. The fourth-order valence-corrected chi connectivity index (χ4v) is 10.4. The van der Waals surface area contributed by atoms with Crippen LogP contribution in [0.2, 0.25) is 5.02 Å². The number of carbonyl (C=O) groups is 1. The Balaban J connectivity index is 1.10. The van der Waals surface area contributed by atoms with E-state index in [0.29, 0.717) is 35.1 Å². The summed E-state index contributed by atoms with van der Waals surface area (Å²) >= 11 is 6.24. The molecule has 9 atom stereocenters. The van der Waals surface area contributed by atoms with E-state index >= 15 is 0 Å². The van der Waals surface area contributed by atoms with Gasteiger partial charge in [-0.15, -0.1) is 0 Å². The number of aliphatic hydroxyl groups is 1. The average molecular weight is 541 g/mol. The van der Waals surface area contributed by atoms with Crippen LogP contribution in [0.4, 0.5) is 0 Å². The standard InChI is InChI=1S/C33H49ClN2O2/c1-22-19-36(23(2)18-35(22)20-24-6-5-7-26(34)16-24)21-33(38)15-14-31(3)25(17-33)8-9-27-28-10-11-30(37)32(28,4)13-12-29(27)31/h5-7,16,22-23,25,27-29,38H,8-15,17-21H2,1-4H3/t22-,23+,25-,27-,28-,29-,31-,32-,33+/m0/s1. The van der Waals surface area contributed by atoms with E-state index in [1.54, 1.807) is 0 Å². The van der Waals surface area contributed by atoms with E-state index in [2.05, 4.69) is 49.6 Å². The van der Waals surface area contributed by atoms with Crippen LogP contribution in [0.1, 0.15) is 91.0 Å². The number of ketones is 1. The van der Waals surface area contributed by atoms with Crippen LogP contribution in [0.25, 0.3) is 0 Å². The van der Waals surface area contributed by atoms with Crippen molar-refractivity contribution in [3.8, 4) is 0 Å². The molecule has 0 radical (unpaired) electrons. The lowest BCUT2D eigenvalue weighted by atomic mass is 9.44. The highest BCUT2D eigenvalue weighted by Crippen LogP contribution is 2.66. The zero-order chi connectivity index (χ0) is 26.9. The smallest absolute Gasteiger partial charge is 0.139 e. The molecular formula is C33H49ClN2O2. The van der Waals surface area contributed by atoms with Gasteiger partial charge < -0.3 is 5.11 Å². The molecule has 5 aliphatic rings. The predicted octanol–water partition coefficient (Wildman–Crippen LogP) is 6.58. The third kappa shape index (κ3) is 4.60. The minimum Gasteiger partial charge on any atom is -0.389 e. The van der Waals surface area contributed by atoms with E-state index in [-0.39, 0.29) is 5.41 Å². The maximum absolute atomic E-state index is 12.8. The Morgan fingerprint density at radius 1 is 0.974 bits per heavy atom. The summed E-state index contributed by atoms with van der Waals surface area (Å²) < 4.78 is 0. The molecule has 5 fully saturated rings. The van der Waals surface area contributed by atoms with Crippen LogP contribution < -0.4 is 0 Å². The normalized spacial score (nSPS) is 45.9. The molecule has 0 spiro atoms. The highest BCUT2D eigenvalue weighted by atomic mass is 35.5. The Kier molecular flexibility index (Phi) is 7.07. The van der Waals surface area contributed by atoms with Crippen molar-refractivity contribution in [2.75, 3.05) is 19.6 Å². The molecule has 5 heteroatoms. The molecule has 4 nitrogen and oxygen atoms in total. The Labute approximate surface area is 235 Å². The van der Waals surface area contributed by atoms with Crippen molar-refractivity contribution < 1.29 is 9.90 Å². The van der Waals surface area contributed by atoms with Crippen LogP contribution >= 0.6 is 11.6 Å². The lowest BCUT2D eigenvalue weighted by Gasteiger charge is -2.61. The van der Waals surface area contributed by atoms with Crippen molar-refractivity contribution >= 4 is 17.4 Å². The lowest BCUT2D eigenvalue weighted by Crippen LogP contribution is -2.62. The number of fused-ring (bicyclic) bond motifs is 5. The molecule has 0 aromatic heterocycles. The molecule has 4 aliphatic carbocycles. The quantitative estimate of drug-likeness (QED) is 0.468. The van der Waals surface area contributed by atoms with Crippen LogP contribution in [0, 0.1) is 34.5 Å². The van der Waals surface area contributed by atoms with Gasteiger partial charge in [-0.2, -0.15) is 0 Å². The SMILES string of the molecule is C[C@@H]1CN(Cc2cccc(Cl)c2)[C@@H](C)CN1C[C@@]1(O)CC[C@@]2(C)[C@@H](CC[C@@H]3[C@@H]2CC[C@]2(C)C(=O)CC[C@@H]32)C1. The van der Waals surface area contributed by atoms with E-state index < -0.39 is 5.60 Å². The summed E-state index contributed by atoms with van der Waals surface area (Å²) in [5.74, 6) is 3.23. The summed E-state index contributed by atoms with van der Waals surface area (Å²) in [6.45, 7) is 13.3. The number of nitrogens with zero attached hydrogens (tertiary/aromatic N) is 2. The summed E-state index contributed by atoms with van der Waals surface area (Å²) in [5.41, 5.74) is 0.987. The summed E-state index contributed by atoms with van der Waals surface area (Å²) in [7, 11) is 0. The summed E-state index contributed by atoms with van der Waals surface area (Å²) in [6, 6.07) is 9.11. The summed E-state index contributed by atoms with van der Waals surface area (Å²) in [6.07, 6.45) is 9.78. The van der Waals surface area contributed by atoms with Crippen LogP contribution in [0.15, 0.2) is 24.3 Å². The maximum atomic E-state index is 12.8. The average Bonchev–Trinajstić information content (AvgIpc) is 3.17. The first-order valence-corrected chi connectivity index (χ1v) is 15.9. The van der Waals surface area contributed by atoms with Gasteiger partial charge in [-0.05, 0) is 112 Å². The van der Waals surface area contributed by atoms with Crippen LogP contribution in [0.3, 0.4) is 0 Å². The van der Waals surface area contributed by atoms with E-state index in [1.807, 2.05) is 12.1 Å². The van der Waals surface area contributed by atoms with Crippen molar-refractivity contribution in [3.63, 3.8) is 0 Å². The maximum Gasteiger partial charge on any atom is 0.139 e. The first-order valence-electron chi connectivity index (χ1n) is 15.5. The second kappa shape index (κ2) is 9.86. The molecule has 4 saturated carbocycles. The second-order valence-electron chi connectivity index (χ2n) is 14.7. The molecule has 1 aliphatic heterocycles. The zero-order valence-corrected chi connectivity index (χ0v) is 24.8. The number of halogens is 1. The number of hydrogen-bond donors (Lipinski definition) is 1. The third-order valence-corrected chi connectivity index (χ3v) is 12.8. The molecule has 210 valence electrons. The van der Waals surface area contributed by atoms with Crippen LogP contribution in [0.5, 0.6) is 0 Å². The van der Waals surface area contributed by atoms with E-state index in [9.17, 15) is 9.90 Å². The van der Waals surface area contributed by atoms with Crippen molar-refractivity contribution in [2.45, 2.75) is 110 Å². The van der Waals surface area contributed by atoms with Crippen molar-refractivity contribution in [2.24, 2.45) is 34.5 Å². The number of rotatable bonds is 4. The van der Waals surface area contributed by atoms with Gasteiger partial charge in [0.15, 0.2) is 0 Å². The van der Waals surface area contributed by atoms with Gasteiger partial charge in [-0.1, -0.05) is 37.6 Å². The van der Waals surface area contributed by atoms with E-state index in [0.717, 1.165) is 81.6 Å². The number of benzene rings is 1. The number of hydrogen-bond acceptors (Lipinski definition) is 4. The molecule has 1 aromatic carbocycles. The summed E-state index contributed by atoms with van der Waals surface area (Å²) in [4.78, 5) is 17.9. The first-order chi connectivity index (χ1) is 18.0. The molecular weight excluding hydrogens is 492 g/mol. The van der Waals surface area contributed by atoms with Crippen molar-refractivity contribution in [1.29, 1.82) is 0 Å². The summed E-state index contributed by atoms with van der Waals surface area (Å²) in [5, 5.41) is 12.8. The Bertz CT molecular complexity index is 1060. The van der Waals surface area contributed by atoms with E-state index in [1.165, 1.54) is 24.8 Å². The highest BCUT2D eigenvalue weighted by molar-refractivity contribution is 6.30. The van der Waals surface area contributed by atoms with Gasteiger partial charge in [0.2, 0.25) is 0 Å². The number of β-amino-alcohol motifs (C(OH)–C–C–N with tert-alkyl or cyclic N) is 1. The molecule has 0 amide bonds. The first kappa shape index (κ1) is 27.2. The molecule has 1 N–H and O–H groups in total. The molecule has 1 aromatic rings. The van der Waals surface area contributed by atoms with Gasteiger partial charge in [-0.25, -0.2) is 0 Å². The van der Waals surface area contributed by atoms with Crippen LogP contribution in [-0.2, 0) is 11.3 Å². The molecule has 1 saturated heterocycles. The zero-order valence-electron chi connectivity index (χ0n) is 24.1. The van der Waals surface area contributed by atoms with Gasteiger partial charge in [0, 0.05) is 55.1 Å². The fraction of sp³-hybridized carbons (Fsp3) is 0.788. The number of carbonyl (C=O) groups excluding carboxylic acids is 1. The van der Waals surface area contributed by atoms with Crippen molar-refractivity contribution in [3.05, 3.63) is 34.9 Å². The third-order valence-electron chi connectivity index (χ3n) is 12.5. The second-order valence-corrected chi connectivity index (χ2v) is 15.1. The topological polar surface area (TPSA) is 43.8 Å². The molecule has 1 heterocycles. The Morgan fingerprint density at radius 3 is 2.53 bits per heavy atom. The Hall–Kier alpha value is -0.940. The number of piperazine rings is 1. The number of Topliss-reactive ketones (excluding diaryl/α,β-unsaturated/α-hetero) is 1. The van der Waals surface area contributed by atoms with Crippen molar-refractivity contribution in [1.82, 2.24) is 9.80 Å². The molecule has 6 rings (SSSR count). The van der Waals surface area contributed by atoms with Gasteiger partial charge in [0.1, 0.15) is 5.78 Å². The van der Waals surface area contributed by atoms with Gasteiger partial charge in [0.25, 0.3) is 0 Å².